The Morgan fingerprint density at radius 3 is 2.52 bits per heavy atom. The molecule has 1 N–H and O–H groups in total. The molecule has 0 aromatic heterocycles. The number of ether oxygens (including phenoxy) is 1. The first kappa shape index (κ1) is 18.1. The summed E-state index contributed by atoms with van der Waals surface area (Å²) in [5, 5.41) is 0. The molecule has 4 unspecified atom stereocenters. The van der Waals surface area contributed by atoms with E-state index in [1.54, 1.807) is 0 Å². The van der Waals surface area contributed by atoms with E-state index in [-0.39, 0.29) is 6.10 Å². The molecule has 5 nitrogen and oxygen atoms in total. The highest BCUT2D eigenvalue weighted by atomic mass is 32.2. The lowest BCUT2D eigenvalue weighted by Gasteiger charge is -2.31. The highest BCUT2D eigenvalue weighted by Gasteiger charge is 2.39. The van der Waals surface area contributed by atoms with Crippen molar-refractivity contribution < 1.29 is 14.0 Å². The Balaban J connectivity index is 1.25. The number of aliphatic imine (C=N–C) groups is 1. The van der Waals surface area contributed by atoms with Crippen LogP contribution < -0.4 is 4.72 Å². The Labute approximate surface area is 155 Å². The number of rotatable bonds is 6. The van der Waals surface area contributed by atoms with Crippen molar-refractivity contribution in [2.45, 2.75) is 108 Å². The predicted molar refractivity (Wildman–Crippen MR) is 100 cm³/mol. The van der Waals surface area contributed by atoms with Crippen molar-refractivity contribution in [1.29, 1.82) is 0 Å². The minimum absolute atomic E-state index is 0.274. The molecule has 1 heterocycles. The molecule has 4 rings (SSSR count). The van der Waals surface area contributed by atoms with Crippen molar-refractivity contribution in [3.8, 4) is 0 Å². The molecule has 0 spiro atoms. The molecular weight excluding hydrogens is 336 g/mol. The fourth-order valence-corrected chi connectivity index (χ4v) is 5.38. The molecule has 0 saturated heterocycles. The molecule has 6 heteroatoms. The SMILES string of the molecule is C1CCC(OOSNC2CCCCC2C2=NC3CCCCC3O2)CC1. The van der Waals surface area contributed by atoms with E-state index in [9.17, 15) is 0 Å². The smallest absolute Gasteiger partial charge is 0.188 e. The maximum absolute atomic E-state index is 6.27. The summed E-state index contributed by atoms with van der Waals surface area (Å²) >= 11 is 1.26. The molecule has 4 aliphatic rings. The van der Waals surface area contributed by atoms with Crippen molar-refractivity contribution in [3.05, 3.63) is 0 Å². The monoisotopic (exact) mass is 368 g/mol. The van der Waals surface area contributed by atoms with Crippen LogP contribution in [0, 0.1) is 5.92 Å². The lowest BCUT2D eigenvalue weighted by Crippen LogP contribution is -2.40. The summed E-state index contributed by atoms with van der Waals surface area (Å²) in [6.45, 7) is 0. The average molecular weight is 369 g/mol. The van der Waals surface area contributed by atoms with E-state index in [0.29, 0.717) is 24.1 Å². The van der Waals surface area contributed by atoms with Gasteiger partial charge < -0.3 is 4.74 Å². The van der Waals surface area contributed by atoms with Gasteiger partial charge in [0.25, 0.3) is 0 Å². The van der Waals surface area contributed by atoms with E-state index >= 15 is 0 Å². The van der Waals surface area contributed by atoms with Crippen LogP contribution in [0.25, 0.3) is 0 Å². The van der Waals surface area contributed by atoms with Gasteiger partial charge in [-0.25, -0.2) is 14.6 Å². The van der Waals surface area contributed by atoms with Crippen LogP contribution in [0.2, 0.25) is 0 Å². The molecule has 4 atom stereocenters. The highest BCUT2D eigenvalue weighted by Crippen LogP contribution is 2.35. The molecule has 142 valence electrons. The van der Waals surface area contributed by atoms with E-state index in [1.807, 2.05) is 0 Å². The molecule has 25 heavy (non-hydrogen) atoms. The van der Waals surface area contributed by atoms with Gasteiger partial charge in [0.2, 0.25) is 0 Å². The Kier molecular flexibility index (Phi) is 6.56. The molecule has 3 aliphatic carbocycles. The molecule has 0 amide bonds. The standard InChI is InChI=1S/C19H32N2O3S/c1-2-8-14(9-3-1)23-24-25-21-16-11-5-4-10-15(16)19-20-17-12-6-7-13-18(17)22-19/h14-18,21H,1-13H2. The van der Waals surface area contributed by atoms with Gasteiger partial charge >= 0.3 is 0 Å². The van der Waals surface area contributed by atoms with Crippen LogP contribution in [0.3, 0.4) is 0 Å². The van der Waals surface area contributed by atoms with Crippen molar-refractivity contribution in [3.63, 3.8) is 0 Å². The second-order valence-corrected chi connectivity index (χ2v) is 8.64. The van der Waals surface area contributed by atoms with Crippen LogP contribution >= 0.6 is 12.2 Å². The van der Waals surface area contributed by atoms with E-state index in [4.69, 9.17) is 19.0 Å². The van der Waals surface area contributed by atoms with Crippen LogP contribution in [0.1, 0.15) is 83.5 Å². The van der Waals surface area contributed by atoms with Crippen LogP contribution in [-0.2, 0) is 14.0 Å². The Morgan fingerprint density at radius 1 is 0.880 bits per heavy atom. The average Bonchev–Trinajstić information content (AvgIpc) is 3.10. The van der Waals surface area contributed by atoms with Crippen molar-refractivity contribution in [1.82, 2.24) is 4.72 Å². The van der Waals surface area contributed by atoms with Gasteiger partial charge in [-0.05, 0) is 44.9 Å². The van der Waals surface area contributed by atoms with Crippen molar-refractivity contribution in [2.75, 3.05) is 0 Å². The number of hydrogen-bond donors (Lipinski definition) is 1. The Hall–Kier alpha value is -0.300. The van der Waals surface area contributed by atoms with Crippen LogP contribution in [-0.4, -0.2) is 30.2 Å². The molecular formula is C19H32N2O3S. The van der Waals surface area contributed by atoms with Gasteiger partial charge in [-0.3, -0.25) is 0 Å². The lowest BCUT2D eigenvalue weighted by atomic mass is 9.85. The van der Waals surface area contributed by atoms with Crippen molar-refractivity contribution in [2.24, 2.45) is 10.9 Å². The van der Waals surface area contributed by atoms with Gasteiger partial charge in [0, 0.05) is 6.04 Å². The largest absolute Gasteiger partial charge is 0.475 e. The Morgan fingerprint density at radius 2 is 1.64 bits per heavy atom. The van der Waals surface area contributed by atoms with E-state index in [2.05, 4.69) is 4.72 Å². The summed E-state index contributed by atoms with van der Waals surface area (Å²) in [5.74, 6) is 1.41. The van der Waals surface area contributed by atoms with Gasteiger partial charge in [0.1, 0.15) is 18.3 Å². The topological polar surface area (TPSA) is 52.1 Å². The fourth-order valence-electron chi connectivity index (χ4n) is 4.78. The van der Waals surface area contributed by atoms with E-state index in [0.717, 1.165) is 25.2 Å². The zero-order valence-corrected chi connectivity index (χ0v) is 16.0. The lowest BCUT2D eigenvalue weighted by molar-refractivity contribution is -0.238. The first-order valence-electron chi connectivity index (χ1n) is 10.4. The number of nitrogens with zero attached hydrogens (tertiary/aromatic N) is 1. The summed E-state index contributed by atoms with van der Waals surface area (Å²) in [5.41, 5.74) is 0. The summed E-state index contributed by atoms with van der Waals surface area (Å²) < 4.78 is 15.1. The number of fused-ring (bicyclic) bond motifs is 1. The summed E-state index contributed by atoms with van der Waals surface area (Å²) in [6, 6.07) is 0.789. The Bertz CT molecular complexity index is 456. The molecule has 0 radical (unpaired) electrons. The number of hydrogen-bond acceptors (Lipinski definition) is 6. The van der Waals surface area contributed by atoms with Gasteiger partial charge in [-0.1, -0.05) is 38.5 Å². The molecule has 1 aliphatic heterocycles. The predicted octanol–water partition coefficient (Wildman–Crippen LogP) is 4.72. The minimum Gasteiger partial charge on any atom is -0.475 e. The van der Waals surface area contributed by atoms with Crippen LogP contribution in [0.5, 0.6) is 0 Å². The molecule has 0 aromatic carbocycles. The first-order valence-corrected chi connectivity index (χ1v) is 11.1. The van der Waals surface area contributed by atoms with Gasteiger partial charge in [-0.15, -0.1) is 4.33 Å². The number of nitrogens with one attached hydrogen (secondary N) is 1. The van der Waals surface area contributed by atoms with Crippen LogP contribution in [0.15, 0.2) is 4.99 Å². The summed E-state index contributed by atoms with van der Waals surface area (Å²) in [6.07, 6.45) is 16.5. The second-order valence-electron chi connectivity index (χ2n) is 8.10. The maximum Gasteiger partial charge on any atom is 0.188 e. The third-order valence-corrected chi connectivity index (χ3v) is 6.82. The van der Waals surface area contributed by atoms with Gasteiger partial charge in [-0.2, -0.15) is 0 Å². The normalized spacial score (nSPS) is 36.6. The fraction of sp³-hybridized carbons (Fsp3) is 0.947. The second kappa shape index (κ2) is 9.07. The minimum atomic E-state index is 0.274. The van der Waals surface area contributed by atoms with Gasteiger partial charge in [0.15, 0.2) is 5.90 Å². The van der Waals surface area contributed by atoms with E-state index < -0.39 is 0 Å². The highest BCUT2D eigenvalue weighted by molar-refractivity contribution is 7.92. The molecule has 0 aromatic rings. The third-order valence-electron chi connectivity index (χ3n) is 6.28. The quantitative estimate of drug-likeness (QED) is 0.242. The summed E-state index contributed by atoms with van der Waals surface area (Å²) in [7, 11) is 0. The van der Waals surface area contributed by atoms with E-state index in [1.165, 1.54) is 76.4 Å². The zero-order chi connectivity index (χ0) is 16.9. The zero-order valence-electron chi connectivity index (χ0n) is 15.2. The molecule has 3 fully saturated rings. The summed E-state index contributed by atoms with van der Waals surface area (Å²) in [4.78, 5) is 10.5. The third kappa shape index (κ3) is 4.71. The van der Waals surface area contributed by atoms with Gasteiger partial charge in [0.05, 0.1) is 18.1 Å². The molecule has 0 bridgehead atoms. The van der Waals surface area contributed by atoms with Crippen LogP contribution in [0.4, 0.5) is 0 Å². The maximum atomic E-state index is 6.27. The van der Waals surface area contributed by atoms with Crippen molar-refractivity contribution >= 4 is 18.1 Å². The molecule has 3 saturated carbocycles. The first-order chi connectivity index (χ1) is 12.4.